The van der Waals surface area contributed by atoms with Gasteiger partial charge in [-0.1, -0.05) is 54.6 Å². The first-order valence-corrected chi connectivity index (χ1v) is 15.9. The normalized spacial score (nSPS) is 12.4. The molecule has 6 rings (SSSR count). The molecule has 0 N–H and O–H groups in total. The van der Waals surface area contributed by atoms with Crippen molar-refractivity contribution in [1.82, 2.24) is 24.8 Å². The zero-order valence-electron chi connectivity index (χ0n) is 24.5. The molecule has 0 aliphatic heterocycles. The Hall–Kier alpha value is -5.14. The lowest BCUT2D eigenvalue weighted by molar-refractivity contribution is 0.0361. The molecule has 0 aliphatic rings. The van der Waals surface area contributed by atoms with Crippen LogP contribution in [0.4, 0.5) is 8.78 Å². The summed E-state index contributed by atoms with van der Waals surface area (Å²) in [4.78, 5) is 21.1. The maximum absolute atomic E-state index is 14.9. The zero-order chi connectivity index (χ0) is 32.3. The predicted octanol–water partition coefficient (Wildman–Crippen LogP) is 5.60. The minimum atomic E-state index is -4.06. The van der Waals surface area contributed by atoms with Gasteiger partial charge in [-0.25, -0.2) is 31.8 Å². The van der Waals surface area contributed by atoms with Crippen molar-refractivity contribution in [2.75, 3.05) is 5.75 Å². The number of fused-ring (bicyclic) bond motifs is 1. The number of ether oxygens (including phenoxy) is 1. The third kappa shape index (κ3) is 6.90. The van der Waals surface area contributed by atoms with E-state index in [1.54, 1.807) is 43.3 Å². The van der Waals surface area contributed by atoms with Gasteiger partial charge in [0.25, 0.3) is 5.56 Å². The Morgan fingerprint density at radius 1 is 0.891 bits per heavy atom. The van der Waals surface area contributed by atoms with Crippen molar-refractivity contribution in [3.05, 3.63) is 135 Å². The van der Waals surface area contributed by atoms with Crippen LogP contribution in [0.2, 0.25) is 0 Å². The number of nitrogens with zero attached hydrogens (tertiary/aromatic N) is 5. The fourth-order valence-corrected chi connectivity index (χ4v) is 6.21. The molecule has 1 unspecified atom stereocenters. The molecule has 0 bridgehead atoms. The van der Waals surface area contributed by atoms with E-state index < -0.39 is 38.3 Å². The fourth-order valence-electron chi connectivity index (χ4n) is 4.98. The first-order chi connectivity index (χ1) is 22.2. The van der Waals surface area contributed by atoms with Crippen LogP contribution in [-0.4, -0.2) is 39.0 Å². The standard InChI is InChI=1S/C33H27F2N5O5S/c1-21-15-29(25-17-27(35)32(41)40(19-25)18-22-11-12-28-30(16-22)39-45-38-28)37-33(36-21)46(42,43)14-13-31(23-7-3-2-4-8-23)44-20-24-9-5-6-10-26(24)34/h2-12,15-17,19,31H,13-14,18,20H2,1H3. The monoisotopic (exact) mass is 643 g/mol. The van der Waals surface area contributed by atoms with Gasteiger partial charge >= 0.3 is 0 Å². The lowest BCUT2D eigenvalue weighted by atomic mass is 10.1. The molecular weight excluding hydrogens is 616 g/mol. The Labute approximate surface area is 262 Å². The maximum Gasteiger partial charge on any atom is 0.286 e. The minimum Gasteiger partial charge on any atom is -0.369 e. The summed E-state index contributed by atoms with van der Waals surface area (Å²) < 4.78 is 68.1. The van der Waals surface area contributed by atoms with Crippen LogP contribution in [0.3, 0.4) is 0 Å². The first-order valence-electron chi connectivity index (χ1n) is 14.3. The molecule has 0 radical (unpaired) electrons. The van der Waals surface area contributed by atoms with E-state index in [0.717, 1.165) is 11.6 Å². The molecule has 3 aromatic heterocycles. The first kappa shape index (κ1) is 30.9. The van der Waals surface area contributed by atoms with Crippen LogP contribution in [0.15, 0.2) is 106 Å². The zero-order valence-corrected chi connectivity index (χ0v) is 25.3. The van der Waals surface area contributed by atoms with Crippen molar-refractivity contribution in [1.29, 1.82) is 0 Å². The van der Waals surface area contributed by atoms with Crippen LogP contribution in [0, 0.1) is 18.6 Å². The highest BCUT2D eigenvalue weighted by Crippen LogP contribution is 2.26. The van der Waals surface area contributed by atoms with Gasteiger partial charge in [0.1, 0.15) is 16.9 Å². The number of hydrogen-bond donors (Lipinski definition) is 0. The van der Waals surface area contributed by atoms with Gasteiger partial charge in [0.05, 0.1) is 30.7 Å². The Morgan fingerprint density at radius 2 is 1.65 bits per heavy atom. The Balaban J connectivity index is 1.25. The van der Waals surface area contributed by atoms with E-state index >= 15 is 0 Å². The second-order valence-corrected chi connectivity index (χ2v) is 12.7. The van der Waals surface area contributed by atoms with Gasteiger partial charge in [-0.15, -0.1) is 0 Å². The number of pyridine rings is 1. The Bertz CT molecular complexity index is 2190. The lowest BCUT2D eigenvalue weighted by Gasteiger charge is -2.19. The Kier molecular flexibility index (Phi) is 8.77. The van der Waals surface area contributed by atoms with Gasteiger partial charge in [0, 0.05) is 23.0 Å². The van der Waals surface area contributed by atoms with Crippen molar-refractivity contribution in [3.8, 4) is 11.3 Å². The van der Waals surface area contributed by atoms with Gasteiger partial charge in [-0.3, -0.25) is 4.79 Å². The van der Waals surface area contributed by atoms with E-state index in [2.05, 4.69) is 20.3 Å². The molecule has 46 heavy (non-hydrogen) atoms. The number of sulfone groups is 1. The van der Waals surface area contributed by atoms with Crippen molar-refractivity contribution >= 4 is 20.9 Å². The summed E-state index contributed by atoms with van der Waals surface area (Å²) in [5, 5.41) is 7.11. The van der Waals surface area contributed by atoms with Crippen LogP contribution >= 0.6 is 0 Å². The number of aromatic nitrogens is 5. The number of benzene rings is 3. The van der Waals surface area contributed by atoms with Crippen LogP contribution in [0.25, 0.3) is 22.3 Å². The number of hydrogen-bond acceptors (Lipinski definition) is 9. The molecule has 0 saturated heterocycles. The average Bonchev–Trinajstić information content (AvgIpc) is 3.52. The summed E-state index contributed by atoms with van der Waals surface area (Å²) in [6.45, 7) is 1.55. The van der Waals surface area contributed by atoms with E-state index in [1.807, 2.05) is 30.3 Å². The van der Waals surface area contributed by atoms with E-state index in [1.165, 1.54) is 22.9 Å². The molecule has 0 saturated carbocycles. The highest BCUT2D eigenvalue weighted by Gasteiger charge is 2.24. The SMILES string of the molecule is Cc1cc(-c2cc(F)c(=O)n(Cc3ccc4nonc4c3)c2)nc(S(=O)(=O)CCC(OCc2ccccc2F)c2ccccc2)n1. The summed E-state index contributed by atoms with van der Waals surface area (Å²) in [5.74, 6) is -1.82. The molecule has 10 nitrogen and oxygen atoms in total. The van der Waals surface area contributed by atoms with Crippen LogP contribution in [0.1, 0.15) is 34.9 Å². The van der Waals surface area contributed by atoms with Gasteiger partial charge in [0.15, 0.2) is 5.82 Å². The smallest absolute Gasteiger partial charge is 0.286 e. The summed E-state index contributed by atoms with van der Waals surface area (Å²) in [6.07, 6.45) is 0.791. The molecule has 1 atom stereocenters. The number of aryl methyl sites for hydroxylation is 1. The largest absolute Gasteiger partial charge is 0.369 e. The quantitative estimate of drug-likeness (QED) is 0.166. The van der Waals surface area contributed by atoms with Gasteiger partial charge in [-0.2, -0.15) is 0 Å². The summed E-state index contributed by atoms with van der Waals surface area (Å²) in [6, 6.07) is 22.9. The van der Waals surface area contributed by atoms with Crippen LogP contribution < -0.4 is 5.56 Å². The molecule has 6 aromatic rings. The highest BCUT2D eigenvalue weighted by atomic mass is 32.2. The maximum atomic E-state index is 14.9. The molecule has 3 aromatic carbocycles. The van der Waals surface area contributed by atoms with Crippen molar-refractivity contribution in [2.24, 2.45) is 0 Å². The molecule has 0 spiro atoms. The summed E-state index contributed by atoms with van der Waals surface area (Å²) >= 11 is 0. The molecule has 0 fully saturated rings. The van der Waals surface area contributed by atoms with Gasteiger partial charge in [0.2, 0.25) is 15.0 Å². The second-order valence-electron chi connectivity index (χ2n) is 10.7. The average molecular weight is 644 g/mol. The molecular formula is C33H27F2N5O5S. The third-order valence-electron chi connectivity index (χ3n) is 7.34. The van der Waals surface area contributed by atoms with E-state index in [0.29, 0.717) is 27.9 Å². The van der Waals surface area contributed by atoms with Crippen molar-refractivity contribution < 1.29 is 26.6 Å². The van der Waals surface area contributed by atoms with Crippen LogP contribution in [0.5, 0.6) is 0 Å². The lowest BCUT2D eigenvalue weighted by Crippen LogP contribution is -2.23. The van der Waals surface area contributed by atoms with Gasteiger partial charge < -0.3 is 9.30 Å². The van der Waals surface area contributed by atoms with Crippen molar-refractivity contribution in [3.63, 3.8) is 0 Å². The highest BCUT2D eigenvalue weighted by molar-refractivity contribution is 7.91. The summed E-state index contributed by atoms with van der Waals surface area (Å²) in [5.41, 5.74) is 2.55. The minimum absolute atomic E-state index is 0.00930. The van der Waals surface area contributed by atoms with Crippen molar-refractivity contribution in [2.45, 2.75) is 37.8 Å². The molecule has 0 aliphatic carbocycles. The summed E-state index contributed by atoms with van der Waals surface area (Å²) in [7, 11) is -4.06. The van der Waals surface area contributed by atoms with E-state index in [9.17, 15) is 22.0 Å². The number of rotatable bonds is 11. The van der Waals surface area contributed by atoms with Crippen LogP contribution in [-0.2, 0) is 27.7 Å². The predicted molar refractivity (Wildman–Crippen MR) is 164 cm³/mol. The van der Waals surface area contributed by atoms with E-state index in [4.69, 9.17) is 9.37 Å². The van der Waals surface area contributed by atoms with Gasteiger partial charge in [-0.05, 0) is 65.1 Å². The second kappa shape index (κ2) is 13.1. The molecule has 0 amide bonds. The number of halogens is 2. The molecule has 3 heterocycles. The topological polar surface area (TPSA) is 130 Å². The molecule has 13 heteroatoms. The Morgan fingerprint density at radius 3 is 2.46 bits per heavy atom. The fraction of sp³-hybridized carbons (Fsp3) is 0.182. The third-order valence-corrected chi connectivity index (χ3v) is 8.85. The molecule has 234 valence electrons. The van der Waals surface area contributed by atoms with E-state index in [-0.39, 0.29) is 36.6 Å².